The van der Waals surface area contributed by atoms with Crippen LogP contribution in [-0.2, 0) is 13.1 Å². The summed E-state index contributed by atoms with van der Waals surface area (Å²) in [5.74, 6) is 0.443. The molecule has 0 spiro atoms. The van der Waals surface area contributed by atoms with E-state index in [2.05, 4.69) is 16.4 Å². The van der Waals surface area contributed by atoms with E-state index in [-0.39, 0.29) is 17.9 Å². The summed E-state index contributed by atoms with van der Waals surface area (Å²) in [6.45, 7) is 4.74. The Bertz CT molecular complexity index is 1380. The molecule has 0 aliphatic carbocycles. The van der Waals surface area contributed by atoms with Crippen LogP contribution in [0.2, 0.25) is 0 Å². The third-order valence-electron chi connectivity index (χ3n) is 5.67. The molecule has 5 nitrogen and oxygen atoms in total. The number of pyridine rings is 1. The lowest BCUT2D eigenvalue weighted by Gasteiger charge is -2.26. The Labute approximate surface area is 203 Å². The number of benzene rings is 3. The number of anilines is 1. The van der Waals surface area contributed by atoms with Gasteiger partial charge < -0.3 is 19.9 Å². The average Bonchev–Trinajstić information content (AvgIpc) is 2.81. The van der Waals surface area contributed by atoms with Gasteiger partial charge in [0.25, 0.3) is 5.56 Å². The third-order valence-corrected chi connectivity index (χ3v) is 6.03. The average molecular weight is 476 g/mol. The van der Waals surface area contributed by atoms with Crippen molar-refractivity contribution < 1.29 is 9.13 Å². The summed E-state index contributed by atoms with van der Waals surface area (Å²) in [4.78, 5) is 17.8. The van der Waals surface area contributed by atoms with Gasteiger partial charge in [0.15, 0.2) is 5.11 Å². The molecule has 34 heavy (non-hydrogen) atoms. The number of hydrogen-bond acceptors (Lipinski definition) is 3. The lowest BCUT2D eigenvalue weighted by Crippen LogP contribution is -2.35. The lowest BCUT2D eigenvalue weighted by atomic mass is 10.0. The SMILES string of the molecule is COc1ccc(NC(=S)N(Cc2ccc(F)cc2)Cc2cc3c(C)cc(C)cc3[nH]c2=O)cc1. The molecule has 4 rings (SSSR count). The molecule has 0 aliphatic heterocycles. The monoisotopic (exact) mass is 475 g/mol. The first-order valence-electron chi connectivity index (χ1n) is 10.9. The van der Waals surface area contributed by atoms with Gasteiger partial charge in [0.05, 0.1) is 13.7 Å². The first-order valence-corrected chi connectivity index (χ1v) is 11.3. The summed E-state index contributed by atoms with van der Waals surface area (Å²) >= 11 is 5.72. The number of ether oxygens (including phenoxy) is 1. The highest BCUT2D eigenvalue weighted by Crippen LogP contribution is 2.21. The largest absolute Gasteiger partial charge is 0.497 e. The first kappa shape index (κ1) is 23.4. The minimum absolute atomic E-state index is 0.158. The van der Waals surface area contributed by atoms with Crippen molar-refractivity contribution in [1.82, 2.24) is 9.88 Å². The number of aromatic amines is 1. The summed E-state index contributed by atoms with van der Waals surface area (Å²) in [5, 5.41) is 4.69. The van der Waals surface area contributed by atoms with Crippen molar-refractivity contribution in [2.24, 2.45) is 0 Å². The predicted octanol–water partition coefficient (Wildman–Crippen LogP) is 5.69. The second-order valence-electron chi connectivity index (χ2n) is 8.31. The Morgan fingerprint density at radius 3 is 2.41 bits per heavy atom. The van der Waals surface area contributed by atoms with Crippen LogP contribution in [0, 0.1) is 19.7 Å². The van der Waals surface area contributed by atoms with E-state index in [1.807, 2.05) is 55.1 Å². The van der Waals surface area contributed by atoms with Crippen LogP contribution in [-0.4, -0.2) is 22.1 Å². The van der Waals surface area contributed by atoms with Crippen molar-refractivity contribution in [1.29, 1.82) is 0 Å². The van der Waals surface area contributed by atoms with Gasteiger partial charge >= 0.3 is 0 Å². The maximum Gasteiger partial charge on any atom is 0.253 e. The zero-order chi connectivity index (χ0) is 24.2. The summed E-state index contributed by atoms with van der Waals surface area (Å²) in [5.41, 5.74) is 5.12. The molecule has 2 N–H and O–H groups in total. The number of rotatable bonds is 6. The Balaban J connectivity index is 1.65. The third kappa shape index (κ3) is 5.43. The summed E-state index contributed by atoms with van der Waals surface area (Å²) in [6, 6.07) is 19.7. The maximum absolute atomic E-state index is 13.4. The number of methoxy groups -OCH3 is 1. The minimum Gasteiger partial charge on any atom is -0.497 e. The van der Waals surface area contributed by atoms with Gasteiger partial charge in [-0.05, 0) is 91.3 Å². The Morgan fingerprint density at radius 1 is 1.03 bits per heavy atom. The number of aryl methyl sites for hydroxylation is 2. The van der Waals surface area contributed by atoms with E-state index in [1.165, 1.54) is 12.1 Å². The molecule has 0 atom stereocenters. The van der Waals surface area contributed by atoms with Crippen LogP contribution in [0.1, 0.15) is 22.3 Å². The number of thiocarbonyl (C=S) groups is 1. The molecule has 1 heterocycles. The van der Waals surface area contributed by atoms with Crippen molar-refractivity contribution in [3.05, 3.63) is 105 Å². The zero-order valence-corrected chi connectivity index (χ0v) is 20.1. The van der Waals surface area contributed by atoms with Crippen LogP contribution in [0.15, 0.2) is 71.5 Å². The van der Waals surface area contributed by atoms with Gasteiger partial charge in [-0.15, -0.1) is 0 Å². The van der Waals surface area contributed by atoms with Crippen molar-refractivity contribution >= 4 is 33.9 Å². The molecule has 1 aromatic heterocycles. The van der Waals surface area contributed by atoms with Crippen molar-refractivity contribution in [3.63, 3.8) is 0 Å². The number of nitrogens with zero attached hydrogens (tertiary/aromatic N) is 1. The van der Waals surface area contributed by atoms with Gasteiger partial charge in [0, 0.05) is 28.7 Å². The van der Waals surface area contributed by atoms with E-state index < -0.39 is 0 Å². The van der Waals surface area contributed by atoms with Crippen LogP contribution < -0.4 is 15.6 Å². The number of H-pyrrole nitrogens is 1. The molecule has 0 amide bonds. The first-order chi connectivity index (χ1) is 16.3. The quantitative estimate of drug-likeness (QED) is 0.351. The Morgan fingerprint density at radius 2 is 1.74 bits per heavy atom. The van der Waals surface area contributed by atoms with Gasteiger partial charge in [-0.25, -0.2) is 4.39 Å². The topological polar surface area (TPSA) is 57.4 Å². The molecular weight excluding hydrogens is 449 g/mol. The molecule has 3 aromatic carbocycles. The smallest absolute Gasteiger partial charge is 0.253 e. The summed E-state index contributed by atoms with van der Waals surface area (Å²) < 4.78 is 18.7. The highest BCUT2D eigenvalue weighted by Gasteiger charge is 2.15. The van der Waals surface area contributed by atoms with Gasteiger partial charge in [-0.2, -0.15) is 0 Å². The van der Waals surface area contributed by atoms with E-state index in [4.69, 9.17) is 17.0 Å². The van der Waals surface area contributed by atoms with Gasteiger partial charge in [-0.1, -0.05) is 18.2 Å². The van der Waals surface area contributed by atoms with Crippen LogP contribution >= 0.6 is 12.2 Å². The Hall–Kier alpha value is -3.71. The van der Waals surface area contributed by atoms with Crippen LogP contribution in [0.25, 0.3) is 10.9 Å². The molecule has 0 saturated heterocycles. The van der Waals surface area contributed by atoms with Crippen molar-refractivity contribution in [2.45, 2.75) is 26.9 Å². The normalized spacial score (nSPS) is 10.8. The summed E-state index contributed by atoms with van der Waals surface area (Å²) in [6.07, 6.45) is 0. The fraction of sp³-hybridized carbons (Fsp3) is 0.185. The number of nitrogens with one attached hydrogen (secondary N) is 2. The minimum atomic E-state index is -0.300. The van der Waals surface area contributed by atoms with Gasteiger partial charge in [0.2, 0.25) is 0 Å². The predicted molar refractivity (Wildman–Crippen MR) is 139 cm³/mol. The van der Waals surface area contributed by atoms with E-state index >= 15 is 0 Å². The molecule has 0 fully saturated rings. The molecule has 174 valence electrons. The number of aromatic nitrogens is 1. The highest BCUT2D eigenvalue weighted by atomic mass is 32.1. The number of halogens is 1. The lowest BCUT2D eigenvalue weighted by molar-refractivity contribution is 0.410. The van der Waals surface area contributed by atoms with Crippen molar-refractivity contribution in [3.8, 4) is 5.75 Å². The standard InChI is InChI=1S/C27H26FN3O2S/c1-17-12-18(2)24-14-20(26(32)30-25(24)13-17)16-31(15-19-4-6-21(28)7-5-19)27(34)29-22-8-10-23(33-3)11-9-22/h4-14H,15-16H2,1-3H3,(H,29,34)(H,30,32). The van der Waals surface area contributed by atoms with E-state index in [0.717, 1.165) is 39.0 Å². The molecule has 4 aromatic rings. The molecule has 0 aliphatic rings. The number of fused-ring (bicyclic) bond motifs is 1. The van der Waals surface area contributed by atoms with Gasteiger partial charge in [0.1, 0.15) is 11.6 Å². The molecule has 0 unspecified atom stereocenters. The number of hydrogen-bond donors (Lipinski definition) is 2. The highest BCUT2D eigenvalue weighted by molar-refractivity contribution is 7.80. The van der Waals surface area contributed by atoms with Crippen molar-refractivity contribution in [2.75, 3.05) is 12.4 Å². The fourth-order valence-electron chi connectivity index (χ4n) is 3.93. The molecule has 7 heteroatoms. The second kappa shape index (κ2) is 10.1. The van der Waals surface area contributed by atoms with Crippen LogP contribution in [0.3, 0.4) is 0 Å². The fourth-order valence-corrected chi connectivity index (χ4v) is 4.17. The molecule has 0 saturated carbocycles. The molecule has 0 radical (unpaired) electrons. The second-order valence-corrected chi connectivity index (χ2v) is 8.69. The zero-order valence-electron chi connectivity index (χ0n) is 19.3. The van der Waals surface area contributed by atoms with Crippen LogP contribution in [0.5, 0.6) is 5.75 Å². The Kier molecular flexibility index (Phi) is 6.93. The summed E-state index contributed by atoms with van der Waals surface area (Å²) in [7, 11) is 1.61. The van der Waals surface area contributed by atoms with E-state index in [0.29, 0.717) is 17.2 Å². The maximum atomic E-state index is 13.4. The van der Waals surface area contributed by atoms with Crippen LogP contribution in [0.4, 0.5) is 10.1 Å². The van der Waals surface area contributed by atoms with E-state index in [9.17, 15) is 9.18 Å². The van der Waals surface area contributed by atoms with Gasteiger partial charge in [-0.3, -0.25) is 4.79 Å². The molecular formula is C27H26FN3O2S. The molecule has 0 bridgehead atoms. The van der Waals surface area contributed by atoms with E-state index in [1.54, 1.807) is 19.2 Å².